The van der Waals surface area contributed by atoms with Crippen LogP contribution in [0.25, 0.3) is 22.0 Å². The van der Waals surface area contributed by atoms with Crippen LogP contribution >= 0.6 is 15.9 Å². The Labute approximate surface area is 130 Å². The van der Waals surface area contributed by atoms with Crippen LogP contribution in [0.5, 0.6) is 5.75 Å². The van der Waals surface area contributed by atoms with Gasteiger partial charge in [0.05, 0.1) is 17.1 Å². The van der Waals surface area contributed by atoms with Crippen molar-refractivity contribution in [2.45, 2.75) is 0 Å². The Balaban J connectivity index is 2.38. The topological polar surface area (TPSA) is 31.2 Å². The Bertz CT molecular complexity index is 866. The van der Waals surface area contributed by atoms with Gasteiger partial charge >= 0.3 is 0 Å². The summed E-state index contributed by atoms with van der Waals surface area (Å²) in [6, 6.07) is 15.6. The van der Waals surface area contributed by atoms with Gasteiger partial charge in [0, 0.05) is 18.0 Å². The first-order valence-electron chi connectivity index (χ1n) is 6.55. The average molecular weight is 344 g/mol. The van der Waals surface area contributed by atoms with Gasteiger partial charge in [0.1, 0.15) is 5.75 Å². The van der Waals surface area contributed by atoms with E-state index in [1.807, 2.05) is 48.5 Å². The molecule has 0 fully saturated rings. The van der Waals surface area contributed by atoms with Gasteiger partial charge in [-0.25, -0.2) is 0 Å². The smallest absolute Gasteiger partial charge is 0.265 e. The zero-order valence-electron chi connectivity index (χ0n) is 11.8. The van der Waals surface area contributed by atoms with Crippen molar-refractivity contribution in [3.05, 3.63) is 63.4 Å². The van der Waals surface area contributed by atoms with E-state index in [-0.39, 0.29) is 5.56 Å². The summed E-state index contributed by atoms with van der Waals surface area (Å²) in [5.74, 6) is 0.794. The molecule has 0 atom stereocenters. The molecule has 0 aliphatic carbocycles. The molecule has 21 heavy (non-hydrogen) atoms. The van der Waals surface area contributed by atoms with Gasteiger partial charge in [0.25, 0.3) is 5.56 Å². The first kappa shape index (κ1) is 13.9. The second-order valence-electron chi connectivity index (χ2n) is 4.80. The number of hydrogen-bond donors (Lipinski definition) is 0. The first-order valence-corrected chi connectivity index (χ1v) is 7.34. The van der Waals surface area contributed by atoms with Crippen LogP contribution in [0.4, 0.5) is 0 Å². The molecule has 3 nitrogen and oxygen atoms in total. The van der Waals surface area contributed by atoms with E-state index >= 15 is 0 Å². The molecular formula is C17H14BrNO2. The lowest BCUT2D eigenvalue weighted by Gasteiger charge is -2.13. The van der Waals surface area contributed by atoms with E-state index in [0.29, 0.717) is 4.47 Å². The Morgan fingerprint density at radius 3 is 2.38 bits per heavy atom. The number of hydrogen-bond acceptors (Lipinski definition) is 2. The first-order chi connectivity index (χ1) is 10.1. The SMILES string of the molecule is COc1ccc(-c2c(Br)c(=O)n(C)c3ccccc23)cc1. The molecule has 3 aromatic rings. The van der Waals surface area contributed by atoms with Crippen LogP contribution in [0, 0.1) is 0 Å². The highest BCUT2D eigenvalue weighted by Crippen LogP contribution is 2.33. The molecule has 2 aromatic carbocycles. The van der Waals surface area contributed by atoms with Crippen molar-refractivity contribution in [2.24, 2.45) is 7.05 Å². The summed E-state index contributed by atoms with van der Waals surface area (Å²) in [6.45, 7) is 0. The molecule has 0 amide bonds. The zero-order valence-corrected chi connectivity index (χ0v) is 13.3. The third-order valence-electron chi connectivity index (χ3n) is 3.63. The fraction of sp³-hybridized carbons (Fsp3) is 0.118. The van der Waals surface area contributed by atoms with Gasteiger partial charge in [-0.05, 0) is 39.7 Å². The third-order valence-corrected chi connectivity index (χ3v) is 4.36. The minimum absolute atomic E-state index is 0.0421. The Hall–Kier alpha value is -2.07. The molecule has 0 N–H and O–H groups in total. The molecule has 1 heterocycles. The molecule has 0 bridgehead atoms. The third kappa shape index (κ3) is 2.25. The van der Waals surface area contributed by atoms with Crippen LogP contribution in [-0.4, -0.2) is 11.7 Å². The number of aryl methyl sites for hydroxylation is 1. The number of benzene rings is 2. The van der Waals surface area contributed by atoms with Gasteiger partial charge in [-0.2, -0.15) is 0 Å². The van der Waals surface area contributed by atoms with E-state index < -0.39 is 0 Å². The zero-order chi connectivity index (χ0) is 15.0. The van der Waals surface area contributed by atoms with E-state index in [1.54, 1.807) is 18.7 Å². The maximum Gasteiger partial charge on any atom is 0.265 e. The highest BCUT2D eigenvalue weighted by Gasteiger charge is 2.14. The largest absolute Gasteiger partial charge is 0.497 e. The molecule has 106 valence electrons. The van der Waals surface area contributed by atoms with Crippen LogP contribution in [0.2, 0.25) is 0 Å². The van der Waals surface area contributed by atoms with Crippen molar-refractivity contribution < 1.29 is 4.74 Å². The Morgan fingerprint density at radius 1 is 1.05 bits per heavy atom. The molecule has 4 heteroatoms. The van der Waals surface area contributed by atoms with Crippen LogP contribution < -0.4 is 10.3 Å². The second kappa shape index (κ2) is 5.37. The summed E-state index contributed by atoms with van der Waals surface area (Å²) < 4.78 is 7.42. The van der Waals surface area contributed by atoms with Gasteiger partial charge in [-0.3, -0.25) is 4.79 Å². The van der Waals surface area contributed by atoms with Gasteiger partial charge in [-0.15, -0.1) is 0 Å². The van der Waals surface area contributed by atoms with Gasteiger partial charge in [0.2, 0.25) is 0 Å². The predicted molar refractivity (Wildman–Crippen MR) is 88.9 cm³/mol. The quantitative estimate of drug-likeness (QED) is 0.704. The monoisotopic (exact) mass is 343 g/mol. The minimum atomic E-state index is -0.0421. The second-order valence-corrected chi connectivity index (χ2v) is 5.59. The van der Waals surface area contributed by atoms with Crippen molar-refractivity contribution in [1.29, 1.82) is 0 Å². The van der Waals surface area contributed by atoms with Crippen LogP contribution in [0.15, 0.2) is 57.8 Å². The highest BCUT2D eigenvalue weighted by molar-refractivity contribution is 9.10. The van der Waals surface area contributed by atoms with Gasteiger partial charge < -0.3 is 9.30 Å². The molecule has 0 radical (unpaired) electrons. The van der Waals surface area contributed by atoms with Crippen LogP contribution in [-0.2, 0) is 7.05 Å². The van der Waals surface area contributed by atoms with Crippen LogP contribution in [0.3, 0.4) is 0 Å². The summed E-state index contributed by atoms with van der Waals surface area (Å²) in [5, 5.41) is 1.04. The lowest BCUT2D eigenvalue weighted by molar-refractivity contribution is 0.415. The maximum absolute atomic E-state index is 12.4. The molecular weight excluding hydrogens is 330 g/mol. The molecule has 0 aliphatic heterocycles. The van der Waals surface area contributed by atoms with E-state index in [4.69, 9.17) is 4.74 Å². The molecule has 0 saturated heterocycles. The van der Waals surface area contributed by atoms with E-state index in [1.165, 1.54) is 0 Å². The van der Waals surface area contributed by atoms with E-state index in [2.05, 4.69) is 15.9 Å². The average Bonchev–Trinajstić information content (AvgIpc) is 2.53. The minimum Gasteiger partial charge on any atom is -0.497 e. The Morgan fingerprint density at radius 2 is 1.71 bits per heavy atom. The van der Waals surface area contributed by atoms with Crippen molar-refractivity contribution >= 4 is 26.8 Å². The lowest BCUT2D eigenvalue weighted by Crippen LogP contribution is -2.18. The number of aromatic nitrogens is 1. The summed E-state index contributed by atoms with van der Waals surface area (Å²) in [4.78, 5) is 12.4. The number of pyridine rings is 1. The van der Waals surface area contributed by atoms with Crippen LogP contribution in [0.1, 0.15) is 0 Å². The summed E-state index contributed by atoms with van der Waals surface area (Å²) in [7, 11) is 3.42. The standard InChI is InChI=1S/C17H14BrNO2/c1-19-14-6-4-3-5-13(14)15(16(18)17(19)20)11-7-9-12(21-2)10-8-11/h3-10H,1-2H3. The predicted octanol–water partition coefficient (Wildman–Crippen LogP) is 3.98. The van der Waals surface area contributed by atoms with Gasteiger partial charge in [-0.1, -0.05) is 30.3 Å². The van der Waals surface area contributed by atoms with Crippen molar-refractivity contribution in [1.82, 2.24) is 4.57 Å². The molecule has 0 spiro atoms. The maximum atomic E-state index is 12.4. The van der Waals surface area contributed by atoms with Gasteiger partial charge in [0.15, 0.2) is 0 Å². The number of fused-ring (bicyclic) bond motifs is 1. The number of nitrogens with zero attached hydrogens (tertiary/aromatic N) is 1. The number of ether oxygens (including phenoxy) is 1. The fourth-order valence-electron chi connectivity index (χ4n) is 2.50. The summed E-state index contributed by atoms with van der Waals surface area (Å²) in [5.41, 5.74) is 2.77. The lowest BCUT2D eigenvalue weighted by atomic mass is 10.0. The molecule has 3 rings (SSSR count). The van der Waals surface area contributed by atoms with Crippen molar-refractivity contribution in [2.75, 3.05) is 7.11 Å². The highest BCUT2D eigenvalue weighted by atomic mass is 79.9. The number of rotatable bonds is 2. The summed E-state index contributed by atoms with van der Waals surface area (Å²) in [6.07, 6.45) is 0. The number of halogens is 1. The normalized spacial score (nSPS) is 10.8. The van der Waals surface area contributed by atoms with E-state index in [0.717, 1.165) is 27.8 Å². The number of methoxy groups -OCH3 is 1. The fourth-order valence-corrected chi connectivity index (χ4v) is 3.21. The van der Waals surface area contributed by atoms with Crippen molar-refractivity contribution in [3.63, 3.8) is 0 Å². The summed E-state index contributed by atoms with van der Waals surface area (Å²) >= 11 is 3.46. The molecule has 1 aromatic heterocycles. The molecule has 0 saturated carbocycles. The Kier molecular flexibility index (Phi) is 3.55. The molecule has 0 aliphatic rings. The van der Waals surface area contributed by atoms with E-state index in [9.17, 15) is 4.79 Å². The van der Waals surface area contributed by atoms with Crippen molar-refractivity contribution in [3.8, 4) is 16.9 Å². The number of para-hydroxylation sites is 1. The molecule has 0 unspecified atom stereocenters.